The van der Waals surface area contributed by atoms with E-state index in [1.807, 2.05) is 4.90 Å². The summed E-state index contributed by atoms with van der Waals surface area (Å²) in [7, 11) is 0. The van der Waals surface area contributed by atoms with Crippen LogP contribution in [0.25, 0.3) is 0 Å². The third kappa shape index (κ3) is 3.54. The molecular weight excluding hydrogens is 274 g/mol. The molecule has 2 fully saturated rings. The number of likely N-dealkylation sites (tertiary alicyclic amines) is 1. The van der Waals surface area contributed by atoms with Gasteiger partial charge in [0.1, 0.15) is 0 Å². The Morgan fingerprint density at radius 1 is 1.14 bits per heavy atom. The van der Waals surface area contributed by atoms with E-state index in [9.17, 15) is 4.79 Å². The van der Waals surface area contributed by atoms with Crippen molar-refractivity contribution in [2.75, 3.05) is 31.1 Å². The number of hydrogen-bond donors (Lipinski definition) is 1. The molecule has 4 nitrogen and oxygen atoms in total. The molecule has 1 aromatic rings. The molecule has 0 aliphatic carbocycles. The quantitative estimate of drug-likeness (QED) is 0.930. The van der Waals surface area contributed by atoms with Crippen molar-refractivity contribution in [3.63, 3.8) is 0 Å². The lowest BCUT2D eigenvalue weighted by Gasteiger charge is -2.30. The van der Waals surface area contributed by atoms with Gasteiger partial charge in [0.15, 0.2) is 0 Å². The molecule has 0 saturated carbocycles. The Hall–Kier alpha value is -1.71. The fourth-order valence-electron chi connectivity index (χ4n) is 3.42. The molecule has 0 unspecified atom stereocenters. The maximum atomic E-state index is 12.3. The first-order valence-electron chi connectivity index (χ1n) is 8.59. The van der Waals surface area contributed by atoms with Crippen molar-refractivity contribution in [2.45, 2.75) is 39.2 Å². The molecule has 0 aromatic heterocycles. The summed E-state index contributed by atoms with van der Waals surface area (Å²) in [5.74, 6) is 0.750. The van der Waals surface area contributed by atoms with Gasteiger partial charge in [0.05, 0.1) is 0 Å². The molecule has 2 aliphatic rings. The Labute approximate surface area is 133 Å². The van der Waals surface area contributed by atoms with E-state index < -0.39 is 0 Å². The summed E-state index contributed by atoms with van der Waals surface area (Å²) in [5.41, 5.74) is 2.51. The standard InChI is InChI=1S/C18H27N3O/c1-15-8-12-21(13-9-15)18(22)19-14-16-6-2-3-7-17(16)20-10-4-5-11-20/h2-3,6-7,15H,4-5,8-14H2,1H3,(H,19,22). The zero-order valence-corrected chi connectivity index (χ0v) is 13.6. The van der Waals surface area contributed by atoms with Crippen molar-refractivity contribution in [3.8, 4) is 0 Å². The average molecular weight is 301 g/mol. The Balaban J connectivity index is 1.58. The fraction of sp³-hybridized carbons (Fsp3) is 0.611. The summed E-state index contributed by atoms with van der Waals surface area (Å²) in [4.78, 5) is 16.7. The van der Waals surface area contributed by atoms with Crippen molar-refractivity contribution in [1.82, 2.24) is 10.2 Å². The SMILES string of the molecule is CC1CCN(C(=O)NCc2ccccc2N2CCCC2)CC1. The van der Waals surface area contributed by atoms with Crippen LogP contribution in [0.1, 0.15) is 38.2 Å². The fourth-order valence-corrected chi connectivity index (χ4v) is 3.42. The van der Waals surface area contributed by atoms with Crippen LogP contribution in [-0.4, -0.2) is 37.1 Å². The minimum absolute atomic E-state index is 0.0862. The molecule has 3 rings (SSSR count). The van der Waals surface area contributed by atoms with Crippen LogP contribution in [0, 0.1) is 5.92 Å². The van der Waals surface area contributed by atoms with E-state index in [1.165, 1.54) is 24.1 Å². The van der Waals surface area contributed by atoms with Crippen LogP contribution in [0.4, 0.5) is 10.5 Å². The number of hydrogen-bond acceptors (Lipinski definition) is 2. The third-order valence-electron chi connectivity index (χ3n) is 4.94. The van der Waals surface area contributed by atoms with Crippen LogP contribution in [0.15, 0.2) is 24.3 Å². The van der Waals surface area contributed by atoms with Crippen LogP contribution in [0.3, 0.4) is 0 Å². The molecule has 4 heteroatoms. The van der Waals surface area contributed by atoms with Gasteiger partial charge < -0.3 is 15.1 Å². The molecule has 0 spiro atoms. The number of carbonyl (C=O) groups is 1. The molecule has 2 amide bonds. The summed E-state index contributed by atoms with van der Waals surface area (Å²) >= 11 is 0. The minimum Gasteiger partial charge on any atom is -0.371 e. The second kappa shape index (κ2) is 7.03. The molecule has 1 N–H and O–H groups in total. The highest BCUT2D eigenvalue weighted by Gasteiger charge is 2.20. The van der Waals surface area contributed by atoms with Gasteiger partial charge in [0.2, 0.25) is 0 Å². The van der Waals surface area contributed by atoms with Crippen molar-refractivity contribution in [2.24, 2.45) is 5.92 Å². The van der Waals surface area contributed by atoms with Gasteiger partial charge in [0.25, 0.3) is 0 Å². The molecule has 22 heavy (non-hydrogen) atoms. The van der Waals surface area contributed by atoms with Crippen LogP contribution < -0.4 is 10.2 Å². The van der Waals surface area contributed by atoms with E-state index in [0.717, 1.165) is 44.9 Å². The lowest BCUT2D eigenvalue weighted by molar-refractivity contribution is 0.173. The first-order chi connectivity index (χ1) is 10.7. The van der Waals surface area contributed by atoms with Gasteiger partial charge in [0, 0.05) is 38.4 Å². The number of nitrogens with zero attached hydrogens (tertiary/aromatic N) is 2. The summed E-state index contributed by atoms with van der Waals surface area (Å²) in [6, 6.07) is 8.54. The van der Waals surface area contributed by atoms with Gasteiger partial charge in [-0.25, -0.2) is 4.79 Å². The van der Waals surface area contributed by atoms with E-state index in [1.54, 1.807) is 0 Å². The van der Waals surface area contributed by atoms with Gasteiger partial charge in [-0.15, -0.1) is 0 Å². The molecule has 1 aromatic carbocycles. The number of benzene rings is 1. The number of para-hydroxylation sites is 1. The third-order valence-corrected chi connectivity index (χ3v) is 4.94. The van der Waals surface area contributed by atoms with Crippen molar-refractivity contribution in [1.29, 1.82) is 0 Å². The second-order valence-electron chi connectivity index (χ2n) is 6.65. The maximum absolute atomic E-state index is 12.3. The molecule has 120 valence electrons. The largest absolute Gasteiger partial charge is 0.371 e. The smallest absolute Gasteiger partial charge is 0.317 e. The lowest BCUT2D eigenvalue weighted by atomic mass is 10.00. The number of rotatable bonds is 3. The van der Waals surface area contributed by atoms with Crippen molar-refractivity contribution >= 4 is 11.7 Å². The molecule has 0 radical (unpaired) electrons. The Kier molecular flexibility index (Phi) is 4.86. The van der Waals surface area contributed by atoms with Crippen molar-refractivity contribution < 1.29 is 4.79 Å². The Bertz CT molecular complexity index is 503. The van der Waals surface area contributed by atoms with E-state index in [4.69, 9.17) is 0 Å². The number of urea groups is 1. The zero-order chi connectivity index (χ0) is 15.4. The van der Waals surface area contributed by atoms with E-state index >= 15 is 0 Å². The molecule has 2 heterocycles. The van der Waals surface area contributed by atoms with Crippen LogP contribution in [0.2, 0.25) is 0 Å². The van der Waals surface area contributed by atoms with Crippen LogP contribution in [0.5, 0.6) is 0 Å². The average Bonchev–Trinajstić information content (AvgIpc) is 3.08. The first-order valence-corrected chi connectivity index (χ1v) is 8.59. The van der Waals surface area contributed by atoms with Gasteiger partial charge >= 0.3 is 6.03 Å². The number of anilines is 1. The highest BCUT2D eigenvalue weighted by Crippen LogP contribution is 2.24. The number of carbonyl (C=O) groups excluding carboxylic acids is 1. The normalized spacial score (nSPS) is 19.5. The predicted molar refractivity (Wildman–Crippen MR) is 90.1 cm³/mol. The van der Waals surface area contributed by atoms with E-state index in [-0.39, 0.29) is 6.03 Å². The highest BCUT2D eigenvalue weighted by molar-refractivity contribution is 5.74. The van der Waals surface area contributed by atoms with E-state index in [2.05, 4.69) is 41.4 Å². The van der Waals surface area contributed by atoms with Gasteiger partial charge in [-0.3, -0.25) is 0 Å². The van der Waals surface area contributed by atoms with Crippen LogP contribution >= 0.6 is 0 Å². The van der Waals surface area contributed by atoms with Crippen LogP contribution in [-0.2, 0) is 6.54 Å². The van der Waals surface area contributed by atoms with Crippen molar-refractivity contribution in [3.05, 3.63) is 29.8 Å². The molecule has 0 atom stereocenters. The van der Waals surface area contributed by atoms with E-state index in [0.29, 0.717) is 6.54 Å². The number of nitrogens with one attached hydrogen (secondary N) is 1. The summed E-state index contributed by atoms with van der Waals surface area (Å²) < 4.78 is 0. The molecule has 0 bridgehead atoms. The van der Waals surface area contributed by atoms with Gasteiger partial charge in [-0.1, -0.05) is 25.1 Å². The Morgan fingerprint density at radius 2 is 1.82 bits per heavy atom. The predicted octanol–water partition coefficient (Wildman–Crippen LogP) is 3.23. The topological polar surface area (TPSA) is 35.6 Å². The monoisotopic (exact) mass is 301 g/mol. The number of piperidine rings is 1. The second-order valence-corrected chi connectivity index (χ2v) is 6.65. The minimum atomic E-state index is 0.0862. The highest BCUT2D eigenvalue weighted by atomic mass is 16.2. The first kappa shape index (κ1) is 15.2. The summed E-state index contributed by atoms with van der Waals surface area (Å²) in [6.45, 7) is 6.94. The van der Waals surface area contributed by atoms with Gasteiger partial charge in [-0.05, 0) is 43.2 Å². The summed E-state index contributed by atoms with van der Waals surface area (Å²) in [5, 5.41) is 3.11. The molecule has 2 aliphatic heterocycles. The zero-order valence-electron chi connectivity index (χ0n) is 13.6. The molecular formula is C18H27N3O. The lowest BCUT2D eigenvalue weighted by Crippen LogP contribution is -2.44. The Morgan fingerprint density at radius 3 is 2.55 bits per heavy atom. The summed E-state index contributed by atoms with van der Waals surface area (Å²) in [6.07, 6.45) is 4.79. The maximum Gasteiger partial charge on any atom is 0.317 e. The van der Waals surface area contributed by atoms with Gasteiger partial charge in [-0.2, -0.15) is 0 Å². The number of amides is 2. The molecule has 2 saturated heterocycles.